The fraction of sp³-hybridized carbons (Fsp3) is 0.600. The van der Waals surface area contributed by atoms with Crippen molar-refractivity contribution in [1.29, 1.82) is 0 Å². The lowest BCUT2D eigenvalue weighted by Gasteiger charge is -2.32. The zero-order chi connectivity index (χ0) is 24.1. The Morgan fingerprint density at radius 3 is 2.56 bits per heavy atom. The number of nitrogens with zero attached hydrogens (tertiary/aromatic N) is 4. The number of hydrogen-bond acceptors (Lipinski definition) is 5. The van der Waals surface area contributed by atoms with Crippen LogP contribution < -0.4 is 10.2 Å². The lowest BCUT2D eigenvalue weighted by Crippen LogP contribution is -2.49. The Morgan fingerprint density at radius 2 is 1.82 bits per heavy atom. The van der Waals surface area contributed by atoms with Crippen molar-refractivity contribution in [2.45, 2.75) is 63.7 Å². The van der Waals surface area contributed by atoms with Crippen molar-refractivity contribution < 1.29 is 19.5 Å². The standard InChI is InChI=1S/C25H35N5O4/c1-28-21-17-19(8-9-20(21)24(27-28)30-16-12-22(31)26-25(30)34)18-10-14-29(15-11-18)13-6-4-2-3-5-7-23(32)33/h8-9,17-18H,2-7,10-16H2,1H3,(H,32,33)(H,26,31,34). The molecule has 2 aliphatic rings. The van der Waals surface area contributed by atoms with Crippen molar-refractivity contribution >= 4 is 34.6 Å². The van der Waals surface area contributed by atoms with Gasteiger partial charge in [0.15, 0.2) is 5.82 Å². The van der Waals surface area contributed by atoms with E-state index in [4.69, 9.17) is 5.11 Å². The third-order valence-electron chi connectivity index (χ3n) is 7.09. The lowest BCUT2D eigenvalue weighted by atomic mass is 9.89. The van der Waals surface area contributed by atoms with Gasteiger partial charge in [0.05, 0.1) is 5.52 Å². The van der Waals surface area contributed by atoms with E-state index in [2.05, 4.69) is 33.5 Å². The Labute approximate surface area is 200 Å². The Balaban J connectivity index is 1.29. The molecule has 2 aromatic rings. The maximum Gasteiger partial charge on any atom is 0.329 e. The summed E-state index contributed by atoms with van der Waals surface area (Å²) in [6.07, 6.45) is 8.09. The average molecular weight is 470 g/mol. The van der Waals surface area contributed by atoms with Gasteiger partial charge in [0.25, 0.3) is 0 Å². The Morgan fingerprint density at radius 1 is 1.09 bits per heavy atom. The van der Waals surface area contributed by atoms with Gasteiger partial charge in [0.2, 0.25) is 5.91 Å². The number of rotatable bonds is 10. The number of carboxylic acids is 1. The second-order valence-electron chi connectivity index (χ2n) is 9.51. The topological polar surface area (TPSA) is 108 Å². The van der Waals surface area contributed by atoms with Crippen LogP contribution in [0.2, 0.25) is 0 Å². The van der Waals surface area contributed by atoms with Crippen LogP contribution in [0.15, 0.2) is 18.2 Å². The van der Waals surface area contributed by atoms with Gasteiger partial charge in [-0.2, -0.15) is 5.10 Å². The molecule has 2 aliphatic heterocycles. The van der Waals surface area contributed by atoms with Crippen molar-refractivity contribution in [3.8, 4) is 0 Å². The minimum Gasteiger partial charge on any atom is -0.481 e. The molecule has 0 radical (unpaired) electrons. The number of aryl methyl sites for hydroxylation is 1. The Kier molecular flexibility index (Phi) is 7.82. The third-order valence-corrected chi connectivity index (χ3v) is 7.09. The molecule has 0 saturated carbocycles. The summed E-state index contributed by atoms with van der Waals surface area (Å²) in [5, 5.41) is 16.6. The number of imide groups is 1. The highest BCUT2D eigenvalue weighted by Gasteiger charge is 2.28. The van der Waals surface area contributed by atoms with E-state index in [0.717, 1.165) is 62.6 Å². The van der Waals surface area contributed by atoms with Crippen molar-refractivity contribution in [2.24, 2.45) is 7.05 Å². The number of carbonyl (C=O) groups excluding carboxylic acids is 2. The smallest absolute Gasteiger partial charge is 0.329 e. The molecule has 4 rings (SSSR count). The van der Waals surface area contributed by atoms with Crippen LogP contribution in [0, 0.1) is 0 Å². The van der Waals surface area contributed by atoms with E-state index in [0.29, 0.717) is 18.3 Å². The number of aliphatic carboxylic acids is 1. The van der Waals surface area contributed by atoms with Crippen LogP contribution in [0.1, 0.15) is 69.3 Å². The number of anilines is 1. The van der Waals surface area contributed by atoms with E-state index < -0.39 is 12.0 Å². The molecule has 3 amide bonds. The Bertz CT molecular complexity index is 1040. The van der Waals surface area contributed by atoms with Crippen LogP contribution in [-0.2, 0) is 16.6 Å². The van der Waals surface area contributed by atoms with E-state index in [1.807, 2.05) is 11.7 Å². The number of carbonyl (C=O) groups is 3. The normalized spacial score (nSPS) is 18.0. The molecule has 0 aliphatic carbocycles. The number of benzene rings is 1. The van der Waals surface area contributed by atoms with Gasteiger partial charge in [-0.1, -0.05) is 25.3 Å². The first-order chi connectivity index (χ1) is 16.4. The van der Waals surface area contributed by atoms with Gasteiger partial charge in [-0.05, 0) is 68.9 Å². The number of unbranched alkanes of at least 4 members (excludes halogenated alkanes) is 4. The van der Waals surface area contributed by atoms with Crippen LogP contribution >= 0.6 is 0 Å². The van der Waals surface area contributed by atoms with Gasteiger partial charge >= 0.3 is 12.0 Å². The van der Waals surface area contributed by atoms with E-state index in [9.17, 15) is 14.4 Å². The van der Waals surface area contributed by atoms with Crippen molar-refractivity contribution in [1.82, 2.24) is 20.0 Å². The first kappa shape index (κ1) is 24.2. The maximum absolute atomic E-state index is 12.3. The average Bonchev–Trinajstić information content (AvgIpc) is 3.14. The third kappa shape index (κ3) is 5.75. The highest BCUT2D eigenvalue weighted by molar-refractivity contribution is 6.08. The van der Waals surface area contributed by atoms with Gasteiger partial charge in [-0.25, -0.2) is 4.79 Å². The number of amides is 3. The zero-order valence-electron chi connectivity index (χ0n) is 20.0. The molecule has 184 valence electrons. The number of nitrogens with one attached hydrogen (secondary N) is 1. The number of piperidine rings is 1. The van der Waals surface area contributed by atoms with Crippen molar-refractivity contribution in [3.63, 3.8) is 0 Å². The molecule has 34 heavy (non-hydrogen) atoms. The van der Waals surface area contributed by atoms with Crippen molar-refractivity contribution in [3.05, 3.63) is 23.8 Å². The van der Waals surface area contributed by atoms with E-state index in [1.54, 1.807) is 4.90 Å². The fourth-order valence-corrected chi connectivity index (χ4v) is 5.11. The molecule has 0 bridgehead atoms. The van der Waals surface area contributed by atoms with Gasteiger partial charge in [-0.3, -0.25) is 24.5 Å². The number of hydrogen-bond donors (Lipinski definition) is 2. The molecule has 2 N–H and O–H groups in total. The summed E-state index contributed by atoms with van der Waals surface area (Å²) in [6, 6.07) is 6.02. The van der Waals surface area contributed by atoms with Crippen LogP contribution in [-0.4, -0.2) is 63.9 Å². The fourth-order valence-electron chi connectivity index (χ4n) is 5.11. The summed E-state index contributed by atoms with van der Waals surface area (Å²) < 4.78 is 1.82. The second-order valence-corrected chi connectivity index (χ2v) is 9.51. The summed E-state index contributed by atoms with van der Waals surface area (Å²) in [7, 11) is 1.90. The summed E-state index contributed by atoms with van der Waals surface area (Å²) >= 11 is 0. The van der Waals surface area contributed by atoms with Gasteiger partial charge in [0, 0.05) is 31.8 Å². The van der Waals surface area contributed by atoms with Gasteiger partial charge in [-0.15, -0.1) is 0 Å². The molecular weight excluding hydrogens is 434 g/mol. The minimum atomic E-state index is -0.696. The largest absolute Gasteiger partial charge is 0.481 e. The molecule has 0 spiro atoms. The van der Waals surface area contributed by atoms with Gasteiger partial charge in [0.1, 0.15) is 0 Å². The van der Waals surface area contributed by atoms with E-state index in [-0.39, 0.29) is 18.7 Å². The highest BCUT2D eigenvalue weighted by Crippen LogP contribution is 2.33. The molecule has 9 heteroatoms. The van der Waals surface area contributed by atoms with Crippen LogP contribution in [0.25, 0.3) is 10.9 Å². The lowest BCUT2D eigenvalue weighted by molar-refractivity contribution is -0.137. The predicted molar refractivity (Wildman–Crippen MR) is 130 cm³/mol. The molecule has 2 fully saturated rings. The highest BCUT2D eigenvalue weighted by atomic mass is 16.4. The first-order valence-corrected chi connectivity index (χ1v) is 12.4. The van der Waals surface area contributed by atoms with Crippen LogP contribution in [0.3, 0.4) is 0 Å². The molecule has 3 heterocycles. The molecule has 1 aromatic carbocycles. The molecule has 1 aromatic heterocycles. The summed E-state index contributed by atoms with van der Waals surface area (Å²) in [5.74, 6) is 0.182. The summed E-state index contributed by atoms with van der Waals surface area (Å²) in [5.41, 5.74) is 2.32. The molecule has 0 unspecified atom stereocenters. The van der Waals surface area contributed by atoms with Crippen molar-refractivity contribution in [2.75, 3.05) is 31.1 Å². The van der Waals surface area contributed by atoms with E-state index in [1.165, 1.54) is 18.4 Å². The molecular formula is C25H35N5O4. The van der Waals surface area contributed by atoms with Crippen LogP contribution in [0.5, 0.6) is 0 Å². The van der Waals surface area contributed by atoms with Gasteiger partial charge < -0.3 is 10.0 Å². The Hall–Kier alpha value is -2.94. The SMILES string of the molecule is Cn1nc(N2CCC(=O)NC2=O)c2ccc(C3CCN(CCCCCCCC(=O)O)CC3)cc21. The molecule has 0 atom stereocenters. The monoisotopic (exact) mass is 469 g/mol. The first-order valence-electron chi connectivity index (χ1n) is 12.4. The number of fused-ring (bicyclic) bond motifs is 1. The second kappa shape index (κ2) is 11.0. The maximum atomic E-state index is 12.3. The van der Waals surface area contributed by atoms with E-state index >= 15 is 0 Å². The number of urea groups is 1. The summed E-state index contributed by atoms with van der Waals surface area (Å²) in [6.45, 7) is 3.66. The molecule has 2 saturated heterocycles. The number of aromatic nitrogens is 2. The van der Waals surface area contributed by atoms with Crippen LogP contribution in [0.4, 0.5) is 10.6 Å². The summed E-state index contributed by atoms with van der Waals surface area (Å²) in [4.78, 5) is 38.4. The molecule has 9 nitrogen and oxygen atoms in total. The quantitative estimate of drug-likeness (QED) is 0.515. The minimum absolute atomic E-state index is 0.245. The number of likely N-dealkylation sites (tertiary alicyclic amines) is 1. The zero-order valence-corrected chi connectivity index (χ0v) is 20.0. The predicted octanol–water partition coefficient (Wildman–Crippen LogP) is 3.62. The number of carboxylic acid groups (broad SMARTS) is 1.